The first-order valence-corrected chi connectivity index (χ1v) is 7.13. The summed E-state index contributed by atoms with van der Waals surface area (Å²) in [5, 5.41) is 6.24. The molecule has 108 valence electrons. The van der Waals surface area contributed by atoms with Gasteiger partial charge in [-0.05, 0) is 46.9 Å². The second-order valence-electron chi connectivity index (χ2n) is 3.97. The van der Waals surface area contributed by atoms with Crippen molar-refractivity contribution in [1.29, 1.82) is 0 Å². The number of nitrogens with zero attached hydrogens (tertiary/aromatic N) is 1. The van der Waals surface area contributed by atoms with Crippen LogP contribution in [0.1, 0.15) is 16.1 Å². The smallest absolute Gasteiger partial charge is 0.259 e. The molecule has 0 spiro atoms. The number of hydrazone groups is 1. The van der Waals surface area contributed by atoms with E-state index in [4.69, 9.17) is 4.42 Å². The third-order valence-corrected chi connectivity index (χ3v) is 3.39. The van der Waals surface area contributed by atoms with Crippen molar-refractivity contribution in [3.05, 3.63) is 57.6 Å². The van der Waals surface area contributed by atoms with Crippen molar-refractivity contribution in [2.45, 2.75) is 0 Å². The average molecular weight is 397 g/mol. The second kappa shape index (κ2) is 7.58. The van der Waals surface area contributed by atoms with E-state index in [0.29, 0.717) is 11.3 Å². The lowest BCUT2D eigenvalue weighted by atomic mass is 10.2. The largest absolute Gasteiger partial charge is 0.463 e. The van der Waals surface area contributed by atoms with Gasteiger partial charge in [-0.2, -0.15) is 5.10 Å². The molecular weight excluding hydrogens is 385 g/mol. The molecule has 6 nitrogen and oxygen atoms in total. The third kappa shape index (κ3) is 4.71. The minimum atomic E-state index is -0.419. The van der Waals surface area contributed by atoms with Crippen LogP contribution >= 0.6 is 22.6 Å². The van der Waals surface area contributed by atoms with Crippen LogP contribution in [0.25, 0.3) is 0 Å². The van der Waals surface area contributed by atoms with Crippen molar-refractivity contribution >= 4 is 40.6 Å². The number of amides is 2. The van der Waals surface area contributed by atoms with E-state index in [9.17, 15) is 9.59 Å². The maximum atomic E-state index is 11.9. The van der Waals surface area contributed by atoms with Crippen molar-refractivity contribution in [2.24, 2.45) is 5.10 Å². The molecule has 0 radical (unpaired) electrons. The number of furan rings is 1. The molecule has 1 aromatic carbocycles. The lowest BCUT2D eigenvalue weighted by molar-refractivity contribution is -0.120. The highest BCUT2D eigenvalue weighted by atomic mass is 127. The van der Waals surface area contributed by atoms with Crippen LogP contribution < -0.4 is 10.7 Å². The molecule has 2 rings (SSSR count). The zero-order valence-corrected chi connectivity index (χ0v) is 13.0. The summed E-state index contributed by atoms with van der Waals surface area (Å²) >= 11 is 2.07. The zero-order chi connectivity index (χ0) is 15.1. The summed E-state index contributed by atoms with van der Waals surface area (Å²) in [4.78, 5) is 23.4. The summed E-state index contributed by atoms with van der Waals surface area (Å²) in [5.74, 6) is -0.194. The minimum Gasteiger partial charge on any atom is -0.463 e. The zero-order valence-electron chi connectivity index (χ0n) is 10.9. The molecule has 0 aliphatic heterocycles. The monoisotopic (exact) mass is 397 g/mol. The first-order valence-electron chi connectivity index (χ1n) is 6.05. The number of carbonyl (C=O) groups excluding carboxylic acids is 2. The maximum Gasteiger partial charge on any atom is 0.259 e. The van der Waals surface area contributed by atoms with Crippen molar-refractivity contribution in [3.63, 3.8) is 0 Å². The Bertz CT molecular complexity index is 653. The average Bonchev–Trinajstić information content (AvgIpc) is 2.98. The van der Waals surface area contributed by atoms with Gasteiger partial charge < -0.3 is 9.73 Å². The predicted molar refractivity (Wildman–Crippen MR) is 85.9 cm³/mol. The Morgan fingerprint density at radius 1 is 1.24 bits per heavy atom. The van der Waals surface area contributed by atoms with Crippen LogP contribution in [-0.4, -0.2) is 24.6 Å². The Labute approximate surface area is 134 Å². The van der Waals surface area contributed by atoms with Crippen molar-refractivity contribution < 1.29 is 14.0 Å². The number of nitrogens with one attached hydrogen (secondary N) is 2. The van der Waals surface area contributed by atoms with E-state index >= 15 is 0 Å². The highest BCUT2D eigenvalue weighted by Gasteiger charge is 2.10. The molecule has 0 atom stereocenters. The SMILES string of the molecule is O=C(CNC(=O)c1ccccc1I)NN=Cc1ccco1. The van der Waals surface area contributed by atoms with E-state index in [1.165, 1.54) is 12.5 Å². The summed E-state index contributed by atoms with van der Waals surface area (Å²) in [6.45, 7) is -0.153. The molecule has 21 heavy (non-hydrogen) atoms. The molecule has 2 amide bonds. The fourth-order valence-corrected chi connectivity index (χ4v) is 2.11. The molecule has 0 saturated heterocycles. The van der Waals surface area contributed by atoms with Gasteiger partial charge in [0.1, 0.15) is 5.76 Å². The lowest BCUT2D eigenvalue weighted by Gasteiger charge is -2.05. The van der Waals surface area contributed by atoms with E-state index in [0.717, 1.165) is 3.57 Å². The van der Waals surface area contributed by atoms with Crippen LogP contribution in [0.5, 0.6) is 0 Å². The molecule has 2 N–H and O–H groups in total. The molecule has 0 aliphatic carbocycles. The molecule has 0 saturated carbocycles. The second-order valence-corrected chi connectivity index (χ2v) is 5.13. The summed E-state index contributed by atoms with van der Waals surface area (Å²) in [7, 11) is 0. The van der Waals surface area contributed by atoms with Crippen LogP contribution in [0.15, 0.2) is 52.2 Å². The Morgan fingerprint density at radius 2 is 2.05 bits per heavy atom. The summed E-state index contributed by atoms with van der Waals surface area (Å²) < 4.78 is 5.84. The Morgan fingerprint density at radius 3 is 2.76 bits per heavy atom. The predicted octanol–water partition coefficient (Wildman–Crippen LogP) is 1.76. The third-order valence-electron chi connectivity index (χ3n) is 2.45. The highest BCUT2D eigenvalue weighted by Crippen LogP contribution is 2.10. The Kier molecular flexibility index (Phi) is 5.50. The number of rotatable bonds is 5. The summed E-state index contributed by atoms with van der Waals surface area (Å²) in [6, 6.07) is 10.5. The van der Waals surface area contributed by atoms with Gasteiger partial charge in [-0.15, -0.1) is 0 Å². The van der Waals surface area contributed by atoms with Crippen molar-refractivity contribution in [1.82, 2.24) is 10.7 Å². The molecule has 2 aromatic rings. The first kappa shape index (κ1) is 15.2. The van der Waals surface area contributed by atoms with Crippen LogP contribution in [0.2, 0.25) is 0 Å². The molecule has 1 heterocycles. The van der Waals surface area contributed by atoms with Crippen LogP contribution in [0.3, 0.4) is 0 Å². The molecule has 0 aliphatic rings. The molecule has 0 bridgehead atoms. The van der Waals surface area contributed by atoms with E-state index in [2.05, 4.69) is 38.4 Å². The topological polar surface area (TPSA) is 83.7 Å². The molecular formula is C14H12IN3O3. The summed E-state index contributed by atoms with van der Waals surface area (Å²) in [5.41, 5.74) is 2.83. The number of hydrogen-bond acceptors (Lipinski definition) is 4. The fourth-order valence-electron chi connectivity index (χ4n) is 1.47. The Balaban J connectivity index is 1.79. The van der Waals surface area contributed by atoms with Crippen LogP contribution in [0.4, 0.5) is 0 Å². The van der Waals surface area contributed by atoms with Crippen molar-refractivity contribution in [3.8, 4) is 0 Å². The first-order chi connectivity index (χ1) is 10.2. The fraction of sp³-hybridized carbons (Fsp3) is 0.0714. The van der Waals surface area contributed by atoms with Gasteiger partial charge in [-0.3, -0.25) is 9.59 Å². The standard InChI is InChI=1S/C14H12IN3O3/c15-12-6-2-1-5-11(12)14(20)16-9-13(19)18-17-8-10-4-3-7-21-10/h1-8H,9H2,(H,16,20)(H,18,19). The van der Waals surface area contributed by atoms with E-state index < -0.39 is 5.91 Å². The van der Waals surface area contributed by atoms with E-state index in [1.807, 2.05) is 12.1 Å². The Hall–Kier alpha value is -2.16. The van der Waals surface area contributed by atoms with E-state index in [-0.39, 0.29) is 12.5 Å². The molecule has 7 heteroatoms. The summed E-state index contributed by atoms with van der Waals surface area (Å²) in [6.07, 6.45) is 2.88. The van der Waals surface area contributed by atoms with Crippen LogP contribution in [0, 0.1) is 3.57 Å². The maximum absolute atomic E-state index is 11.9. The van der Waals surface area contributed by atoms with E-state index in [1.54, 1.807) is 24.3 Å². The van der Waals surface area contributed by atoms with Gasteiger partial charge in [0.15, 0.2) is 0 Å². The van der Waals surface area contributed by atoms with Gasteiger partial charge in [-0.25, -0.2) is 5.43 Å². The quantitative estimate of drug-likeness (QED) is 0.458. The highest BCUT2D eigenvalue weighted by molar-refractivity contribution is 14.1. The lowest BCUT2D eigenvalue weighted by Crippen LogP contribution is -2.35. The van der Waals surface area contributed by atoms with Crippen LogP contribution in [-0.2, 0) is 4.79 Å². The normalized spacial score (nSPS) is 10.5. The number of hydrogen-bond donors (Lipinski definition) is 2. The van der Waals surface area contributed by atoms with Gasteiger partial charge in [-0.1, -0.05) is 12.1 Å². The van der Waals surface area contributed by atoms with Gasteiger partial charge in [0.25, 0.3) is 11.8 Å². The number of halogens is 1. The number of benzene rings is 1. The van der Waals surface area contributed by atoms with Crippen molar-refractivity contribution in [2.75, 3.05) is 6.54 Å². The molecule has 0 unspecified atom stereocenters. The van der Waals surface area contributed by atoms with Gasteiger partial charge in [0.05, 0.1) is 24.6 Å². The van der Waals surface area contributed by atoms with Gasteiger partial charge in [0.2, 0.25) is 0 Å². The molecule has 0 fully saturated rings. The number of carbonyl (C=O) groups is 2. The molecule has 1 aromatic heterocycles. The van der Waals surface area contributed by atoms with Gasteiger partial charge in [0, 0.05) is 3.57 Å². The minimum absolute atomic E-state index is 0.153. The van der Waals surface area contributed by atoms with Gasteiger partial charge >= 0.3 is 0 Å².